The number of para-hydroxylation sites is 1. The van der Waals surface area contributed by atoms with E-state index in [1.807, 2.05) is 43.3 Å². The average Bonchev–Trinajstić information content (AvgIpc) is 2.68. The van der Waals surface area contributed by atoms with Crippen LogP contribution in [0.15, 0.2) is 67.1 Å². The molecule has 25 heavy (non-hydrogen) atoms. The molecule has 0 aliphatic rings. The molecule has 0 aliphatic carbocycles. The first-order valence-corrected chi connectivity index (χ1v) is 8.14. The van der Waals surface area contributed by atoms with Gasteiger partial charge in [0.15, 0.2) is 0 Å². The number of ether oxygens (including phenoxy) is 1. The van der Waals surface area contributed by atoms with Gasteiger partial charge < -0.3 is 10.1 Å². The number of hydrogen-bond donors (Lipinski definition) is 1. The fourth-order valence-corrected chi connectivity index (χ4v) is 2.56. The van der Waals surface area contributed by atoms with Crippen LogP contribution >= 0.6 is 0 Å². The Balaban J connectivity index is 1.78. The van der Waals surface area contributed by atoms with Crippen LogP contribution in [0.5, 0.6) is 5.75 Å². The van der Waals surface area contributed by atoms with Crippen LogP contribution < -0.4 is 10.1 Å². The van der Waals surface area contributed by atoms with Crippen LogP contribution in [0.3, 0.4) is 0 Å². The Morgan fingerprint density at radius 2 is 1.84 bits per heavy atom. The van der Waals surface area contributed by atoms with Crippen LogP contribution in [0, 0.1) is 0 Å². The lowest BCUT2D eigenvalue weighted by atomic mass is 10.1. The van der Waals surface area contributed by atoms with E-state index in [4.69, 9.17) is 4.74 Å². The number of pyridine rings is 2. The van der Waals surface area contributed by atoms with Gasteiger partial charge in [-0.3, -0.25) is 14.8 Å². The van der Waals surface area contributed by atoms with Gasteiger partial charge in [0.25, 0.3) is 5.91 Å². The van der Waals surface area contributed by atoms with Gasteiger partial charge in [-0.25, -0.2) is 0 Å². The second-order valence-corrected chi connectivity index (χ2v) is 5.36. The Hall–Kier alpha value is -3.21. The zero-order valence-electron chi connectivity index (χ0n) is 14.0. The van der Waals surface area contributed by atoms with E-state index in [2.05, 4.69) is 15.3 Å². The Kier molecular flexibility index (Phi) is 5.36. The molecule has 5 nitrogen and oxygen atoms in total. The van der Waals surface area contributed by atoms with Gasteiger partial charge in [0.05, 0.1) is 17.9 Å². The highest BCUT2D eigenvalue weighted by molar-refractivity contribution is 5.96. The summed E-state index contributed by atoms with van der Waals surface area (Å²) in [7, 11) is 0. The molecule has 0 aliphatic heterocycles. The molecular formula is C20H19N3O2. The number of nitrogens with one attached hydrogen (secondary N) is 1. The summed E-state index contributed by atoms with van der Waals surface area (Å²) in [5.74, 6) is 0.414. The summed E-state index contributed by atoms with van der Waals surface area (Å²) in [6.07, 6.45) is 5.20. The van der Waals surface area contributed by atoms with E-state index in [0.717, 1.165) is 16.8 Å². The third-order valence-electron chi connectivity index (χ3n) is 3.72. The molecule has 3 rings (SSSR count). The molecular weight excluding hydrogens is 314 g/mol. The van der Waals surface area contributed by atoms with E-state index in [0.29, 0.717) is 24.5 Å². The third kappa shape index (κ3) is 4.01. The molecule has 0 saturated carbocycles. The molecule has 0 radical (unpaired) electrons. The largest absolute Gasteiger partial charge is 0.493 e. The molecule has 0 saturated heterocycles. The molecule has 1 aromatic carbocycles. The first-order valence-electron chi connectivity index (χ1n) is 8.14. The van der Waals surface area contributed by atoms with Gasteiger partial charge in [-0.15, -0.1) is 0 Å². The van der Waals surface area contributed by atoms with Crippen molar-refractivity contribution in [3.63, 3.8) is 0 Å². The van der Waals surface area contributed by atoms with E-state index in [1.54, 1.807) is 30.7 Å². The summed E-state index contributed by atoms with van der Waals surface area (Å²) in [6.45, 7) is 2.79. The fraction of sp³-hybridized carbons (Fsp3) is 0.150. The topological polar surface area (TPSA) is 64.1 Å². The highest BCUT2D eigenvalue weighted by Crippen LogP contribution is 2.21. The normalized spacial score (nSPS) is 10.3. The molecule has 0 bridgehead atoms. The number of rotatable bonds is 6. The van der Waals surface area contributed by atoms with Crippen LogP contribution in [-0.4, -0.2) is 22.5 Å². The summed E-state index contributed by atoms with van der Waals surface area (Å²) in [5.41, 5.74) is 3.27. The number of amides is 1. The van der Waals surface area contributed by atoms with E-state index in [1.165, 1.54) is 0 Å². The Morgan fingerprint density at radius 1 is 1.04 bits per heavy atom. The Morgan fingerprint density at radius 3 is 2.64 bits per heavy atom. The van der Waals surface area contributed by atoms with Gasteiger partial charge >= 0.3 is 0 Å². The van der Waals surface area contributed by atoms with Gasteiger partial charge in [-0.1, -0.05) is 18.2 Å². The number of benzene rings is 1. The minimum Gasteiger partial charge on any atom is -0.493 e. The second-order valence-electron chi connectivity index (χ2n) is 5.36. The summed E-state index contributed by atoms with van der Waals surface area (Å²) < 4.78 is 5.52. The van der Waals surface area contributed by atoms with Gasteiger partial charge in [-0.2, -0.15) is 0 Å². The van der Waals surface area contributed by atoms with Crippen molar-refractivity contribution in [2.24, 2.45) is 0 Å². The first-order chi connectivity index (χ1) is 12.3. The smallest absolute Gasteiger partial charge is 0.255 e. The molecule has 0 fully saturated rings. The maximum absolute atomic E-state index is 12.5. The van der Waals surface area contributed by atoms with Gasteiger partial charge in [-0.05, 0) is 42.8 Å². The predicted octanol–water partition coefficient (Wildman–Crippen LogP) is 3.47. The van der Waals surface area contributed by atoms with E-state index < -0.39 is 0 Å². The summed E-state index contributed by atoms with van der Waals surface area (Å²) >= 11 is 0. The molecule has 0 atom stereocenters. The van der Waals surface area contributed by atoms with Crippen molar-refractivity contribution >= 4 is 5.91 Å². The second kappa shape index (κ2) is 8.06. The van der Waals surface area contributed by atoms with Crippen LogP contribution in [0.2, 0.25) is 0 Å². The highest BCUT2D eigenvalue weighted by atomic mass is 16.5. The van der Waals surface area contributed by atoms with Crippen molar-refractivity contribution in [2.45, 2.75) is 13.5 Å². The van der Waals surface area contributed by atoms with Gasteiger partial charge in [0, 0.05) is 30.7 Å². The SMILES string of the molecule is CCOc1ccccc1C(=O)NCc1cccnc1-c1ccncc1. The molecule has 1 amide bonds. The van der Waals surface area contributed by atoms with Crippen molar-refractivity contribution in [2.75, 3.05) is 6.61 Å². The third-order valence-corrected chi connectivity index (χ3v) is 3.72. The molecule has 2 heterocycles. The molecule has 126 valence electrons. The number of hydrogen-bond acceptors (Lipinski definition) is 4. The van der Waals surface area contributed by atoms with E-state index >= 15 is 0 Å². The van der Waals surface area contributed by atoms with Crippen LogP contribution in [-0.2, 0) is 6.54 Å². The number of nitrogens with zero attached hydrogens (tertiary/aromatic N) is 2. The Bertz CT molecular complexity index is 850. The van der Waals surface area contributed by atoms with Gasteiger partial charge in [0.2, 0.25) is 0 Å². The molecule has 1 N–H and O–H groups in total. The molecule has 3 aromatic rings. The minimum absolute atomic E-state index is 0.173. The van der Waals surface area contributed by atoms with Crippen molar-refractivity contribution in [3.05, 3.63) is 78.2 Å². The Labute approximate surface area is 146 Å². The maximum atomic E-state index is 12.5. The van der Waals surface area contributed by atoms with Crippen molar-refractivity contribution in [1.29, 1.82) is 0 Å². The van der Waals surface area contributed by atoms with E-state index in [-0.39, 0.29) is 5.91 Å². The number of carbonyl (C=O) groups is 1. The van der Waals surface area contributed by atoms with Crippen molar-refractivity contribution < 1.29 is 9.53 Å². The number of aromatic nitrogens is 2. The fourth-order valence-electron chi connectivity index (χ4n) is 2.56. The van der Waals surface area contributed by atoms with Crippen LogP contribution in [0.1, 0.15) is 22.8 Å². The lowest BCUT2D eigenvalue weighted by molar-refractivity contribution is 0.0947. The monoisotopic (exact) mass is 333 g/mol. The maximum Gasteiger partial charge on any atom is 0.255 e. The van der Waals surface area contributed by atoms with Crippen molar-refractivity contribution in [3.8, 4) is 17.0 Å². The molecule has 2 aromatic heterocycles. The van der Waals surface area contributed by atoms with E-state index in [9.17, 15) is 4.79 Å². The zero-order valence-corrected chi connectivity index (χ0v) is 14.0. The number of carbonyl (C=O) groups excluding carboxylic acids is 1. The molecule has 5 heteroatoms. The molecule has 0 spiro atoms. The van der Waals surface area contributed by atoms with Crippen LogP contribution in [0.4, 0.5) is 0 Å². The summed E-state index contributed by atoms with van der Waals surface area (Å²) in [4.78, 5) is 21.0. The predicted molar refractivity (Wildman–Crippen MR) is 96.2 cm³/mol. The highest BCUT2D eigenvalue weighted by Gasteiger charge is 2.13. The summed E-state index contributed by atoms with van der Waals surface area (Å²) in [5, 5.41) is 2.95. The average molecular weight is 333 g/mol. The lowest BCUT2D eigenvalue weighted by Crippen LogP contribution is -2.24. The lowest BCUT2D eigenvalue weighted by Gasteiger charge is -2.12. The quantitative estimate of drug-likeness (QED) is 0.750. The molecule has 0 unspecified atom stereocenters. The summed E-state index contributed by atoms with van der Waals surface area (Å²) in [6, 6.07) is 14.8. The zero-order chi connectivity index (χ0) is 17.5. The standard InChI is InChI=1S/C20H19N3O2/c1-2-25-18-8-4-3-7-17(18)20(24)23-14-16-6-5-11-22-19(16)15-9-12-21-13-10-15/h3-13H,2,14H2,1H3,(H,23,24). The van der Waals surface area contributed by atoms with Gasteiger partial charge in [0.1, 0.15) is 5.75 Å². The van der Waals surface area contributed by atoms with Crippen LogP contribution in [0.25, 0.3) is 11.3 Å². The first kappa shape index (κ1) is 16.6. The minimum atomic E-state index is -0.173. The van der Waals surface area contributed by atoms with Crippen molar-refractivity contribution in [1.82, 2.24) is 15.3 Å².